The molecule has 5 rings (SSSR count). The van der Waals surface area contributed by atoms with Gasteiger partial charge in [-0.3, -0.25) is 14.5 Å². The van der Waals surface area contributed by atoms with Crippen LogP contribution in [0.3, 0.4) is 0 Å². The van der Waals surface area contributed by atoms with Crippen molar-refractivity contribution in [3.05, 3.63) is 88.7 Å². The molecule has 1 unspecified atom stereocenters. The number of fused-ring (bicyclic) bond motifs is 1. The number of hydrogen-bond donors (Lipinski definition) is 1. The first-order valence-electron chi connectivity index (χ1n) is 11.0. The predicted molar refractivity (Wildman–Crippen MR) is 135 cm³/mol. The molecule has 1 saturated heterocycles. The highest BCUT2D eigenvalue weighted by molar-refractivity contribution is 7.22. The van der Waals surface area contributed by atoms with Gasteiger partial charge in [-0.05, 0) is 55.0 Å². The van der Waals surface area contributed by atoms with Crippen LogP contribution in [0.25, 0.3) is 16.0 Å². The van der Waals surface area contributed by atoms with Crippen molar-refractivity contribution in [2.45, 2.75) is 13.0 Å². The monoisotopic (exact) mass is 504 g/mol. The number of Topliss-reactive ketones (excluding diaryl/α,β-unsaturated/α-hetero) is 1. The standard InChI is InChI=1S/C27H21FN2O5S/c1-14-12-15(8-11-20(14)35-3)24(31)22-23(17-6-4-5-7-18(17)28)30(26(33)25(22)32)27-29-19-10-9-16(34-2)13-21(19)36-27/h4-13,23,31H,1-3H3. The second-order valence-corrected chi connectivity index (χ2v) is 9.21. The first kappa shape index (κ1) is 23.5. The molecule has 0 bridgehead atoms. The highest BCUT2D eigenvalue weighted by Crippen LogP contribution is 2.45. The zero-order valence-electron chi connectivity index (χ0n) is 19.6. The number of ether oxygens (including phenoxy) is 2. The lowest BCUT2D eigenvalue weighted by Gasteiger charge is -2.23. The number of ketones is 1. The van der Waals surface area contributed by atoms with Gasteiger partial charge in [0.25, 0.3) is 5.78 Å². The second-order valence-electron chi connectivity index (χ2n) is 8.21. The Morgan fingerprint density at radius 2 is 1.83 bits per heavy atom. The average Bonchev–Trinajstić information content (AvgIpc) is 3.41. The topological polar surface area (TPSA) is 89.0 Å². The van der Waals surface area contributed by atoms with Crippen LogP contribution in [0.2, 0.25) is 0 Å². The van der Waals surface area contributed by atoms with Gasteiger partial charge in [0.15, 0.2) is 5.13 Å². The zero-order valence-corrected chi connectivity index (χ0v) is 20.4. The molecule has 0 aliphatic carbocycles. The van der Waals surface area contributed by atoms with E-state index in [2.05, 4.69) is 4.98 Å². The number of amides is 1. The van der Waals surface area contributed by atoms with Crippen molar-refractivity contribution in [1.29, 1.82) is 0 Å². The Labute approximate surface area is 210 Å². The Morgan fingerprint density at radius 1 is 1.06 bits per heavy atom. The van der Waals surface area contributed by atoms with Crippen molar-refractivity contribution in [1.82, 2.24) is 4.98 Å². The van der Waals surface area contributed by atoms with Crippen molar-refractivity contribution in [3.63, 3.8) is 0 Å². The summed E-state index contributed by atoms with van der Waals surface area (Å²) in [6.07, 6.45) is 0. The van der Waals surface area contributed by atoms with Gasteiger partial charge in [0, 0.05) is 11.1 Å². The summed E-state index contributed by atoms with van der Waals surface area (Å²) in [5.74, 6) is -1.64. The summed E-state index contributed by atoms with van der Waals surface area (Å²) in [7, 11) is 3.07. The van der Waals surface area contributed by atoms with Crippen molar-refractivity contribution in [2.75, 3.05) is 19.1 Å². The van der Waals surface area contributed by atoms with E-state index in [1.807, 2.05) is 0 Å². The molecule has 1 aromatic heterocycles. The van der Waals surface area contributed by atoms with E-state index >= 15 is 4.39 Å². The summed E-state index contributed by atoms with van der Waals surface area (Å²) in [5.41, 5.74) is 1.47. The smallest absolute Gasteiger partial charge is 0.301 e. The van der Waals surface area contributed by atoms with Gasteiger partial charge in [0.2, 0.25) is 0 Å². The number of carbonyl (C=O) groups excluding carboxylic acids is 2. The first-order valence-corrected chi connectivity index (χ1v) is 11.8. The van der Waals surface area contributed by atoms with Gasteiger partial charge in [-0.15, -0.1) is 0 Å². The van der Waals surface area contributed by atoms with Crippen LogP contribution in [-0.4, -0.2) is 36.0 Å². The summed E-state index contributed by atoms with van der Waals surface area (Å²) >= 11 is 1.17. The lowest BCUT2D eigenvalue weighted by molar-refractivity contribution is -0.132. The van der Waals surface area contributed by atoms with Gasteiger partial charge < -0.3 is 14.6 Å². The Balaban J connectivity index is 1.73. The fourth-order valence-corrected chi connectivity index (χ4v) is 5.35. The van der Waals surface area contributed by atoms with E-state index in [1.165, 1.54) is 36.6 Å². The maximum absolute atomic E-state index is 15.1. The summed E-state index contributed by atoms with van der Waals surface area (Å²) in [6.45, 7) is 1.79. The zero-order chi connectivity index (χ0) is 25.6. The minimum absolute atomic E-state index is 0.0697. The third-order valence-electron chi connectivity index (χ3n) is 6.10. The highest BCUT2D eigenvalue weighted by Gasteiger charge is 2.49. The lowest BCUT2D eigenvalue weighted by atomic mass is 9.94. The molecule has 2 heterocycles. The van der Waals surface area contributed by atoms with Crippen LogP contribution in [0.5, 0.6) is 11.5 Å². The number of aromatic nitrogens is 1. The molecular weight excluding hydrogens is 483 g/mol. The molecule has 182 valence electrons. The normalized spacial score (nSPS) is 17.1. The van der Waals surface area contributed by atoms with Crippen LogP contribution < -0.4 is 14.4 Å². The van der Waals surface area contributed by atoms with Crippen molar-refractivity contribution < 1.29 is 28.6 Å². The van der Waals surface area contributed by atoms with E-state index in [0.29, 0.717) is 22.6 Å². The van der Waals surface area contributed by atoms with Crippen LogP contribution >= 0.6 is 11.3 Å². The van der Waals surface area contributed by atoms with Gasteiger partial charge >= 0.3 is 5.91 Å². The maximum atomic E-state index is 15.1. The summed E-state index contributed by atoms with van der Waals surface area (Å²) < 4.78 is 26.4. The van der Waals surface area contributed by atoms with Crippen LogP contribution in [-0.2, 0) is 9.59 Å². The molecule has 3 aromatic carbocycles. The van der Waals surface area contributed by atoms with Gasteiger partial charge in [-0.1, -0.05) is 29.5 Å². The van der Waals surface area contributed by atoms with Gasteiger partial charge in [0.1, 0.15) is 29.1 Å². The third-order valence-corrected chi connectivity index (χ3v) is 7.12. The Morgan fingerprint density at radius 3 is 2.53 bits per heavy atom. The number of aliphatic hydroxyl groups excluding tert-OH is 1. The molecular formula is C27H21FN2O5S. The summed E-state index contributed by atoms with van der Waals surface area (Å²) in [4.78, 5) is 32.4. The van der Waals surface area contributed by atoms with E-state index in [-0.39, 0.29) is 16.3 Å². The molecule has 0 spiro atoms. The molecule has 4 aromatic rings. The lowest BCUT2D eigenvalue weighted by Crippen LogP contribution is -2.29. The number of anilines is 1. The molecule has 0 radical (unpaired) electrons. The fourth-order valence-electron chi connectivity index (χ4n) is 4.32. The van der Waals surface area contributed by atoms with Crippen LogP contribution in [0, 0.1) is 12.7 Å². The Kier molecular flexibility index (Phi) is 5.93. The summed E-state index contributed by atoms with van der Waals surface area (Å²) in [5, 5.41) is 11.5. The molecule has 0 saturated carbocycles. The molecule has 36 heavy (non-hydrogen) atoms. The number of rotatable bonds is 5. The van der Waals surface area contributed by atoms with E-state index in [1.54, 1.807) is 56.5 Å². The molecule has 7 nitrogen and oxygen atoms in total. The molecule has 1 N–H and O–H groups in total. The molecule has 1 fully saturated rings. The van der Waals surface area contributed by atoms with Gasteiger partial charge in [-0.25, -0.2) is 9.37 Å². The number of thiazole rings is 1. The Hall–Kier alpha value is -4.24. The second kappa shape index (κ2) is 9.09. The molecule has 1 atom stereocenters. The SMILES string of the molecule is COc1ccc2nc(N3C(=O)C(=O)C(=C(O)c4ccc(OC)c(C)c4)C3c3ccccc3F)sc2c1. The van der Waals surface area contributed by atoms with Crippen LogP contribution in [0.1, 0.15) is 22.7 Å². The number of carbonyl (C=O) groups is 2. The van der Waals surface area contributed by atoms with Crippen LogP contribution in [0.15, 0.2) is 66.2 Å². The molecule has 9 heteroatoms. The van der Waals surface area contributed by atoms with E-state index in [0.717, 1.165) is 15.2 Å². The van der Waals surface area contributed by atoms with Crippen molar-refractivity contribution in [2.24, 2.45) is 0 Å². The van der Waals surface area contributed by atoms with Gasteiger partial charge in [0.05, 0.1) is 30.0 Å². The fraction of sp³-hybridized carbons (Fsp3) is 0.148. The third kappa shape index (κ3) is 3.77. The molecule has 1 amide bonds. The van der Waals surface area contributed by atoms with Crippen LogP contribution in [0.4, 0.5) is 9.52 Å². The number of benzene rings is 3. The maximum Gasteiger partial charge on any atom is 0.301 e. The number of halogens is 1. The number of nitrogens with zero attached hydrogens (tertiary/aromatic N) is 2. The van der Waals surface area contributed by atoms with E-state index < -0.39 is 29.3 Å². The number of methoxy groups -OCH3 is 2. The minimum Gasteiger partial charge on any atom is -0.507 e. The largest absolute Gasteiger partial charge is 0.507 e. The highest BCUT2D eigenvalue weighted by atomic mass is 32.1. The number of aliphatic hydroxyl groups is 1. The van der Waals surface area contributed by atoms with Crippen molar-refractivity contribution >= 4 is 44.1 Å². The van der Waals surface area contributed by atoms with Crippen molar-refractivity contribution in [3.8, 4) is 11.5 Å². The number of hydrogen-bond acceptors (Lipinski definition) is 7. The Bertz CT molecular complexity index is 1560. The predicted octanol–water partition coefficient (Wildman–Crippen LogP) is 5.39. The minimum atomic E-state index is -1.21. The van der Waals surface area contributed by atoms with E-state index in [4.69, 9.17) is 9.47 Å². The van der Waals surface area contributed by atoms with E-state index in [9.17, 15) is 14.7 Å². The summed E-state index contributed by atoms with van der Waals surface area (Å²) in [6, 6.07) is 14.8. The quantitative estimate of drug-likeness (QED) is 0.223. The first-order chi connectivity index (χ1) is 17.3. The molecule has 1 aliphatic heterocycles. The van der Waals surface area contributed by atoms with Gasteiger partial charge in [-0.2, -0.15) is 0 Å². The average molecular weight is 505 g/mol. The molecule has 1 aliphatic rings. The number of aryl methyl sites for hydroxylation is 1.